The zero-order chi connectivity index (χ0) is 18.9. The highest BCUT2D eigenvalue weighted by Crippen LogP contribution is 2.26. The van der Waals surface area contributed by atoms with Crippen molar-refractivity contribution in [2.75, 3.05) is 32.4 Å². The molecular weight excluding hydrogens is 390 g/mol. The summed E-state index contributed by atoms with van der Waals surface area (Å²) in [6.07, 6.45) is 3.61. The second-order valence-corrected chi connectivity index (χ2v) is 9.20. The first-order chi connectivity index (χ1) is 12.3. The Labute approximate surface area is 166 Å². The van der Waals surface area contributed by atoms with Gasteiger partial charge < -0.3 is 15.5 Å². The molecule has 0 spiro atoms. The van der Waals surface area contributed by atoms with Gasteiger partial charge in [-0.2, -0.15) is 0 Å². The fraction of sp³-hybridized carbons (Fsp3) is 0.556. The Bertz CT molecular complexity index is 807. The van der Waals surface area contributed by atoms with Crippen LogP contribution in [0.15, 0.2) is 29.2 Å². The number of nitrogens with zero attached hydrogens (tertiary/aromatic N) is 2. The number of nitrogens with two attached hydrogens (primary N) is 1. The number of carbonyl (C=O) groups excluding carboxylic acids is 2. The lowest BCUT2D eigenvalue weighted by molar-refractivity contribution is -0.136. The Kier molecular flexibility index (Phi) is 6.88. The summed E-state index contributed by atoms with van der Waals surface area (Å²) in [5, 5.41) is 0. The summed E-state index contributed by atoms with van der Waals surface area (Å²) in [4.78, 5) is 28.8. The van der Waals surface area contributed by atoms with Gasteiger partial charge >= 0.3 is 0 Å². The molecular formula is C18H26ClN3O4S. The van der Waals surface area contributed by atoms with Crippen LogP contribution in [0.2, 0.25) is 0 Å². The summed E-state index contributed by atoms with van der Waals surface area (Å²) in [6.45, 7) is 1.91. The first-order valence-corrected chi connectivity index (χ1v) is 10.8. The molecule has 2 amide bonds. The van der Waals surface area contributed by atoms with E-state index in [0.29, 0.717) is 31.7 Å². The van der Waals surface area contributed by atoms with Crippen molar-refractivity contribution in [1.29, 1.82) is 0 Å². The molecule has 1 heterocycles. The predicted molar refractivity (Wildman–Crippen MR) is 105 cm³/mol. The van der Waals surface area contributed by atoms with Crippen molar-refractivity contribution in [3.8, 4) is 0 Å². The van der Waals surface area contributed by atoms with Crippen LogP contribution < -0.4 is 5.73 Å². The van der Waals surface area contributed by atoms with Crippen molar-refractivity contribution in [2.24, 2.45) is 11.7 Å². The van der Waals surface area contributed by atoms with E-state index in [-0.39, 0.29) is 41.1 Å². The monoisotopic (exact) mass is 415 g/mol. The van der Waals surface area contributed by atoms with Gasteiger partial charge in [0.2, 0.25) is 5.91 Å². The molecule has 3 rings (SSSR count). The summed E-state index contributed by atoms with van der Waals surface area (Å²) in [6, 6.07) is 6.21. The van der Waals surface area contributed by atoms with E-state index in [1.807, 2.05) is 4.90 Å². The van der Waals surface area contributed by atoms with Gasteiger partial charge in [0, 0.05) is 50.0 Å². The van der Waals surface area contributed by atoms with Crippen LogP contribution in [0, 0.1) is 5.92 Å². The molecule has 9 heteroatoms. The van der Waals surface area contributed by atoms with Gasteiger partial charge in [-0.3, -0.25) is 9.59 Å². The van der Waals surface area contributed by atoms with Crippen molar-refractivity contribution in [1.82, 2.24) is 9.80 Å². The standard InChI is InChI=1S/C18H25N3O4S.ClH/c1-26(24,25)16-4-2-3-13(12-16)17(22)20-7-9-21(10-8-20)18(23)14-5-6-15(19)11-14;/h2-4,12,14-15H,5-11,19H2,1H3;1H. The SMILES string of the molecule is CS(=O)(=O)c1cccc(C(=O)N2CCN(C(=O)C3CCC(N)C3)CC2)c1.Cl. The molecule has 2 aliphatic rings. The number of amides is 2. The average molecular weight is 416 g/mol. The number of halogens is 1. The minimum absolute atomic E-state index is 0. The molecule has 1 aliphatic carbocycles. The minimum Gasteiger partial charge on any atom is -0.339 e. The molecule has 1 aliphatic heterocycles. The Hall–Kier alpha value is -1.64. The van der Waals surface area contributed by atoms with Crippen LogP contribution in [0.1, 0.15) is 29.6 Å². The zero-order valence-electron chi connectivity index (χ0n) is 15.3. The Morgan fingerprint density at radius 3 is 2.26 bits per heavy atom. The molecule has 1 aromatic carbocycles. The van der Waals surface area contributed by atoms with Crippen LogP contribution in [0.5, 0.6) is 0 Å². The van der Waals surface area contributed by atoms with Crippen molar-refractivity contribution >= 4 is 34.1 Å². The van der Waals surface area contributed by atoms with Gasteiger partial charge in [-0.15, -0.1) is 12.4 Å². The van der Waals surface area contributed by atoms with Crippen molar-refractivity contribution in [2.45, 2.75) is 30.2 Å². The van der Waals surface area contributed by atoms with Gasteiger partial charge in [-0.25, -0.2) is 8.42 Å². The topological polar surface area (TPSA) is 101 Å². The van der Waals surface area contributed by atoms with Crippen molar-refractivity contribution in [3.63, 3.8) is 0 Å². The predicted octanol–water partition coefficient (Wildman–Crippen LogP) is 0.924. The molecule has 1 saturated heterocycles. The number of rotatable bonds is 3. The third-order valence-corrected chi connectivity index (χ3v) is 6.32. The molecule has 27 heavy (non-hydrogen) atoms. The number of hydrogen-bond acceptors (Lipinski definition) is 5. The number of hydrogen-bond donors (Lipinski definition) is 1. The van der Waals surface area contributed by atoms with Gasteiger partial charge in [0.25, 0.3) is 5.91 Å². The summed E-state index contributed by atoms with van der Waals surface area (Å²) < 4.78 is 23.3. The molecule has 1 aromatic rings. The van der Waals surface area contributed by atoms with E-state index in [4.69, 9.17) is 5.73 Å². The van der Waals surface area contributed by atoms with Crippen molar-refractivity contribution < 1.29 is 18.0 Å². The number of benzene rings is 1. The van der Waals surface area contributed by atoms with Crippen LogP contribution >= 0.6 is 12.4 Å². The largest absolute Gasteiger partial charge is 0.339 e. The Balaban J connectivity index is 0.00000261. The normalized spacial score (nSPS) is 23.0. The summed E-state index contributed by atoms with van der Waals surface area (Å²) in [5.74, 6) is -0.0479. The van der Waals surface area contributed by atoms with Gasteiger partial charge in [0.1, 0.15) is 0 Å². The van der Waals surface area contributed by atoms with Crippen molar-refractivity contribution in [3.05, 3.63) is 29.8 Å². The minimum atomic E-state index is -3.36. The highest BCUT2D eigenvalue weighted by Gasteiger charge is 2.33. The maximum absolute atomic E-state index is 12.7. The molecule has 2 atom stereocenters. The van der Waals surface area contributed by atoms with Crippen LogP contribution in [0.25, 0.3) is 0 Å². The fourth-order valence-corrected chi connectivity index (χ4v) is 4.34. The van der Waals surface area contributed by atoms with Gasteiger partial charge in [-0.05, 0) is 37.5 Å². The Morgan fingerprint density at radius 2 is 1.70 bits per heavy atom. The van der Waals surface area contributed by atoms with E-state index in [0.717, 1.165) is 25.5 Å². The summed E-state index contributed by atoms with van der Waals surface area (Å²) in [7, 11) is -3.36. The van der Waals surface area contributed by atoms with E-state index in [9.17, 15) is 18.0 Å². The van der Waals surface area contributed by atoms with Gasteiger partial charge in [-0.1, -0.05) is 6.07 Å². The molecule has 0 radical (unpaired) electrons. The number of carbonyl (C=O) groups is 2. The molecule has 2 unspecified atom stereocenters. The number of piperazine rings is 1. The second-order valence-electron chi connectivity index (χ2n) is 7.19. The quantitative estimate of drug-likeness (QED) is 0.791. The smallest absolute Gasteiger partial charge is 0.254 e. The highest BCUT2D eigenvalue weighted by molar-refractivity contribution is 7.90. The zero-order valence-corrected chi connectivity index (χ0v) is 17.0. The lowest BCUT2D eigenvalue weighted by atomic mass is 10.1. The molecule has 150 valence electrons. The molecule has 0 bridgehead atoms. The van der Waals surface area contributed by atoms with E-state index >= 15 is 0 Å². The first-order valence-electron chi connectivity index (χ1n) is 8.89. The van der Waals surface area contributed by atoms with E-state index < -0.39 is 9.84 Å². The first kappa shape index (κ1) is 21.7. The fourth-order valence-electron chi connectivity index (χ4n) is 3.67. The van der Waals surface area contributed by atoms with E-state index in [1.54, 1.807) is 17.0 Å². The highest BCUT2D eigenvalue weighted by atomic mass is 35.5. The van der Waals surface area contributed by atoms with E-state index in [2.05, 4.69) is 0 Å². The van der Waals surface area contributed by atoms with Crippen LogP contribution in [0.3, 0.4) is 0 Å². The molecule has 0 aromatic heterocycles. The summed E-state index contributed by atoms with van der Waals surface area (Å²) in [5.41, 5.74) is 6.25. The molecule has 1 saturated carbocycles. The third-order valence-electron chi connectivity index (χ3n) is 5.21. The average Bonchev–Trinajstić information content (AvgIpc) is 3.06. The third kappa shape index (κ3) is 5.00. The Morgan fingerprint density at radius 1 is 1.07 bits per heavy atom. The number of sulfone groups is 1. The van der Waals surface area contributed by atoms with Crippen LogP contribution in [-0.2, 0) is 14.6 Å². The maximum Gasteiger partial charge on any atom is 0.254 e. The summed E-state index contributed by atoms with van der Waals surface area (Å²) >= 11 is 0. The maximum atomic E-state index is 12.7. The van der Waals surface area contributed by atoms with Crippen LogP contribution in [-0.4, -0.2) is 68.5 Å². The second kappa shape index (κ2) is 8.58. The van der Waals surface area contributed by atoms with Gasteiger partial charge in [0.05, 0.1) is 4.90 Å². The molecule has 2 N–H and O–H groups in total. The lowest BCUT2D eigenvalue weighted by Crippen LogP contribution is -2.51. The van der Waals surface area contributed by atoms with Crippen LogP contribution in [0.4, 0.5) is 0 Å². The van der Waals surface area contributed by atoms with E-state index in [1.165, 1.54) is 12.1 Å². The molecule has 7 nitrogen and oxygen atoms in total. The lowest BCUT2D eigenvalue weighted by Gasteiger charge is -2.36. The molecule has 2 fully saturated rings. The van der Waals surface area contributed by atoms with Gasteiger partial charge in [0.15, 0.2) is 9.84 Å².